The fourth-order valence-corrected chi connectivity index (χ4v) is 5.88. The highest BCUT2D eigenvalue weighted by Crippen LogP contribution is 2.50. The predicted octanol–water partition coefficient (Wildman–Crippen LogP) is 3.00. The van der Waals surface area contributed by atoms with Crippen LogP contribution in [0.5, 0.6) is 5.75 Å². The molecule has 0 aromatic heterocycles. The standard InChI is InChI=1S/C29H35NO8/c1-16-7-6-8-21-24(31)18(3)17(2)23-22(15-19-9-11-20(36-5)12-10-19)30-26(33)29(21,23)38-27(34)37-14-13-28(4,35)25(16)32/h6,8-14,16,21-24,31,35H,7,15H2,1-5H3,(H,30,33). The van der Waals surface area contributed by atoms with Gasteiger partial charge in [0.05, 0.1) is 31.3 Å². The third-order valence-electron chi connectivity index (χ3n) is 8.11. The minimum atomic E-state index is -1.86. The highest BCUT2D eigenvalue weighted by Gasteiger charge is 2.66. The van der Waals surface area contributed by atoms with E-state index < -0.39 is 58.9 Å². The van der Waals surface area contributed by atoms with Crippen molar-refractivity contribution in [3.8, 4) is 5.75 Å². The van der Waals surface area contributed by atoms with Gasteiger partial charge in [-0.2, -0.15) is 0 Å². The molecule has 7 atom stereocenters. The van der Waals surface area contributed by atoms with Gasteiger partial charge in [0, 0.05) is 12.0 Å². The topological polar surface area (TPSA) is 131 Å². The molecule has 1 saturated heterocycles. The fraction of sp³-hybridized carbons (Fsp3) is 0.483. The van der Waals surface area contributed by atoms with Gasteiger partial charge in [0.1, 0.15) is 11.4 Å². The van der Waals surface area contributed by atoms with E-state index in [1.54, 1.807) is 33.1 Å². The van der Waals surface area contributed by atoms with Gasteiger partial charge in [-0.15, -0.1) is 0 Å². The highest BCUT2D eigenvalue weighted by atomic mass is 16.7. The summed E-state index contributed by atoms with van der Waals surface area (Å²) in [5.74, 6) is -2.39. The lowest BCUT2D eigenvalue weighted by atomic mass is 9.63. The number of aliphatic hydroxyl groups is 2. The number of Topliss-reactive ketones (excluding diaryl/α,β-unsaturated/α-hetero) is 1. The van der Waals surface area contributed by atoms with Crippen LogP contribution in [-0.2, 0) is 25.5 Å². The third kappa shape index (κ3) is 4.76. The van der Waals surface area contributed by atoms with Crippen LogP contribution in [-0.4, -0.2) is 58.5 Å². The molecule has 9 nitrogen and oxygen atoms in total. The minimum Gasteiger partial charge on any atom is -0.497 e. The number of ketones is 1. The Morgan fingerprint density at radius 3 is 2.47 bits per heavy atom. The van der Waals surface area contributed by atoms with Crippen LogP contribution in [0.25, 0.3) is 0 Å². The van der Waals surface area contributed by atoms with Gasteiger partial charge < -0.3 is 29.7 Å². The molecule has 7 unspecified atom stereocenters. The summed E-state index contributed by atoms with van der Waals surface area (Å²) < 4.78 is 16.2. The smallest absolute Gasteiger partial charge is 0.497 e. The second kappa shape index (κ2) is 10.4. The number of hydrogen-bond donors (Lipinski definition) is 3. The van der Waals surface area contributed by atoms with Crippen LogP contribution in [0.15, 0.2) is 59.9 Å². The summed E-state index contributed by atoms with van der Waals surface area (Å²) in [7, 11) is 1.59. The number of methoxy groups -OCH3 is 1. The van der Waals surface area contributed by atoms with Gasteiger partial charge in [0.25, 0.3) is 5.91 Å². The highest BCUT2D eigenvalue weighted by molar-refractivity contribution is 5.93. The van der Waals surface area contributed by atoms with Crippen molar-refractivity contribution >= 4 is 17.8 Å². The van der Waals surface area contributed by atoms with Gasteiger partial charge in [-0.3, -0.25) is 9.59 Å². The first-order valence-electron chi connectivity index (χ1n) is 12.7. The normalized spacial score (nSPS) is 35.7. The van der Waals surface area contributed by atoms with Crippen molar-refractivity contribution in [2.75, 3.05) is 7.11 Å². The Labute approximate surface area is 222 Å². The average Bonchev–Trinajstić information content (AvgIpc) is 3.15. The molecule has 1 spiro atoms. The Morgan fingerprint density at radius 2 is 1.82 bits per heavy atom. The molecular formula is C29H35NO8. The number of hydrogen-bond acceptors (Lipinski definition) is 8. The van der Waals surface area contributed by atoms with Crippen molar-refractivity contribution in [2.24, 2.45) is 17.8 Å². The Kier molecular flexibility index (Phi) is 7.54. The number of aliphatic hydroxyl groups excluding tert-OH is 1. The molecule has 0 saturated carbocycles. The number of benzene rings is 1. The molecule has 3 aliphatic rings. The van der Waals surface area contributed by atoms with E-state index in [1.807, 2.05) is 31.2 Å². The first-order valence-corrected chi connectivity index (χ1v) is 12.7. The largest absolute Gasteiger partial charge is 0.514 e. The van der Waals surface area contributed by atoms with E-state index in [-0.39, 0.29) is 6.42 Å². The molecule has 1 fully saturated rings. The summed E-state index contributed by atoms with van der Waals surface area (Å²) in [4.78, 5) is 39.4. The van der Waals surface area contributed by atoms with E-state index in [0.29, 0.717) is 17.7 Å². The molecule has 3 N–H and O–H groups in total. The Morgan fingerprint density at radius 1 is 1.13 bits per heavy atom. The maximum Gasteiger partial charge on any atom is 0.514 e. The summed E-state index contributed by atoms with van der Waals surface area (Å²) in [6.07, 6.45) is 3.71. The summed E-state index contributed by atoms with van der Waals surface area (Å²) >= 11 is 0. The maximum atomic E-state index is 13.8. The van der Waals surface area contributed by atoms with Crippen LogP contribution in [0, 0.1) is 17.8 Å². The lowest BCUT2D eigenvalue weighted by Crippen LogP contribution is -2.59. The molecule has 2 aliphatic heterocycles. The number of allylic oxidation sites excluding steroid dienone is 1. The van der Waals surface area contributed by atoms with E-state index in [1.165, 1.54) is 6.92 Å². The van der Waals surface area contributed by atoms with E-state index in [0.717, 1.165) is 23.5 Å². The van der Waals surface area contributed by atoms with Gasteiger partial charge in [0.15, 0.2) is 5.78 Å². The van der Waals surface area contributed by atoms with Gasteiger partial charge >= 0.3 is 6.16 Å². The van der Waals surface area contributed by atoms with Gasteiger partial charge in [-0.25, -0.2) is 4.79 Å². The number of amides is 1. The van der Waals surface area contributed by atoms with Crippen LogP contribution in [0.4, 0.5) is 4.79 Å². The zero-order chi connectivity index (χ0) is 27.8. The van der Waals surface area contributed by atoms with Crippen LogP contribution in [0.3, 0.4) is 0 Å². The van der Waals surface area contributed by atoms with Crippen LogP contribution in [0.2, 0.25) is 0 Å². The SMILES string of the molecule is COc1ccc(CC2NC(=O)C34OC(=O)OC=CC(C)(O)C(=O)C(C)CC=CC3C(O)C(C)=C(C)C24)cc1. The predicted molar refractivity (Wildman–Crippen MR) is 138 cm³/mol. The second-order valence-corrected chi connectivity index (χ2v) is 10.6. The van der Waals surface area contributed by atoms with E-state index in [2.05, 4.69) is 5.32 Å². The van der Waals surface area contributed by atoms with Crippen molar-refractivity contribution in [1.82, 2.24) is 5.32 Å². The monoisotopic (exact) mass is 525 g/mol. The Hall–Kier alpha value is -3.43. The van der Waals surface area contributed by atoms with Crippen LogP contribution < -0.4 is 10.1 Å². The first kappa shape index (κ1) is 27.6. The Bertz CT molecular complexity index is 1200. The quantitative estimate of drug-likeness (QED) is 0.406. The zero-order valence-corrected chi connectivity index (χ0v) is 22.3. The number of rotatable bonds is 3. The lowest BCUT2D eigenvalue weighted by Gasteiger charge is -2.45. The van der Waals surface area contributed by atoms with Crippen molar-refractivity contribution < 1.29 is 38.8 Å². The zero-order valence-electron chi connectivity index (χ0n) is 22.3. The van der Waals surface area contributed by atoms with Crippen LogP contribution in [0.1, 0.15) is 39.7 Å². The molecule has 1 aromatic carbocycles. The molecular weight excluding hydrogens is 490 g/mol. The van der Waals surface area contributed by atoms with Crippen LogP contribution >= 0.6 is 0 Å². The van der Waals surface area contributed by atoms with Crippen molar-refractivity contribution in [3.63, 3.8) is 0 Å². The minimum absolute atomic E-state index is 0.250. The summed E-state index contributed by atoms with van der Waals surface area (Å²) in [5, 5.41) is 24.9. The second-order valence-electron chi connectivity index (χ2n) is 10.6. The molecule has 2 heterocycles. The fourth-order valence-electron chi connectivity index (χ4n) is 5.88. The summed E-state index contributed by atoms with van der Waals surface area (Å²) in [6, 6.07) is 7.05. The van der Waals surface area contributed by atoms with E-state index in [4.69, 9.17) is 14.2 Å². The van der Waals surface area contributed by atoms with Crippen molar-refractivity contribution in [3.05, 3.63) is 65.5 Å². The molecule has 1 amide bonds. The van der Waals surface area contributed by atoms with Crippen molar-refractivity contribution in [2.45, 2.75) is 63.9 Å². The molecule has 204 valence electrons. The number of ether oxygens (including phenoxy) is 3. The molecule has 1 aromatic rings. The van der Waals surface area contributed by atoms with Gasteiger partial charge in [-0.05, 0) is 63.0 Å². The third-order valence-corrected chi connectivity index (χ3v) is 8.11. The average molecular weight is 526 g/mol. The number of cyclic esters (lactones) is 1. The summed E-state index contributed by atoms with van der Waals surface area (Å²) in [6.45, 7) is 6.62. The summed E-state index contributed by atoms with van der Waals surface area (Å²) in [5.41, 5.74) is -1.27. The molecule has 0 bridgehead atoms. The number of nitrogens with one attached hydrogen (secondary N) is 1. The number of carbonyl (C=O) groups excluding carboxylic acids is 3. The Balaban J connectivity index is 1.79. The van der Waals surface area contributed by atoms with E-state index >= 15 is 0 Å². The van der Waals surface area contributed by atoms with Gasteiger partial charge in [0.2, 0.25) is 5.60 Å². The van der Waals surface area contributed by atoms with Gasteiger partial charge in [-0.1, -0.05) is 36.8 Å². The molecule has 4 rings (SSSR count). The number of carbonyl (C=O) groups is 3. The first-order chi connectivity index (χ1) is 17.9. The van der Waals surface area contributed by atoms with E-state index in [9.17, 15) is 24.6 Å². The lowest BCUT2D eigenvalue weighted by molar-refractivity contribution is -0.151. The molecule has 1 aliphatic carbocycles. The van der Waals surface area contributed by atoms with Crippen molar-refractivity contribution in [1.29, 1.82) is 0 Å². The maximum absolute atomic E-state index is 13.8. The molecule has 9 heteroatoms. The molecule has 38 heavy (non-hydrogen) atoms. The molecule has 0 radical (unpaired) electrons.